The number of hydrogen-bond donors (Lipinski definition) is 3. The number of non-ortho nitro benzene ring substituents is 1. The second-order valence-electron chi connectivity index (χ2n) is 6.33. The average Bonchev–Trinajstić information content (AvgIpc) is 2.72. The van der Waals surface area contributed by atoms with Crippen LogP contribution < -0.4 is 10.6 Å². The van der Waals surface area contributed by atoms with Gasteiger partial charge in [0, 0.05) is 24.4 Å². The van der Waals surface area contributed by atoms with Crippen LogP contribution in [0.5, 0.6) is 0 Å². The molecule has 0 fully saturated rings. The molecule has 0 aromatic heterocycles. The second kappa shape index (κ2) is 10.2. The number of amides is 1. The first-order chi connectivity index (χ1) is 13.8. The molecule has 0 saturated carbocycles. The molecular weight excluding hydrogens is 378 g/mol. The third-order valence-electron chi connectivity index (χ3n) is 4.17. The topological polar surface area (TPSA) is 131 Å². The molecule has 2 aromatic carbocycles. The summed E-state index contributed by atoms with van der Waals surface area (Å²) in [6.07, 6.45) is -1.11. The Kier molecular flexibility index (Phi) is 7.67. The molecule has 0 bridgehead atoms. The number of hydrogen-bond acceptors (Lipinski definition) is 7. The minimum Gasteiger partial charge on any atom is -0.449 e. The Bertz CT molecular complexity index is 872. The van der Waals surface area contributed by atoms with Crippen molar-refractivity contribution in [2.75, 3.05) is 18.5 Å². The first-order valence-corrected chi connectivity index (χ1v) is 9.03. The van der Waals surface area contributed by atoms with E-state index in [0.29, 0.717) is 0 Å². The molecule has 0 saturated heterocycles. The number of aliphatic hydroxyl groups is 1. The lowest BCUT2D eigenvalue weighted by atomic mass is 10.1. The molecule has 0 heterocycles. The van der Waals surface area contributed by atoms with Crippen molar-refractivity contribution < 1.29 is 24.4 Å². The number of anilines is 1. The molecule has 154 valence electrons. The Labute approximate surface area is 167 Å². The summed E-state index contributed by atoms with van der Waals surface area (Å²) in [7, 11) is 0. The van der Waals surface area contributed by atoms with Crippen LogP contribution in [-0.4, -0.2) is 41.2 Å². The van der Waals surface area contributed by atoms with Crippen LogP contribution in [0, 0.1) is 10.1 Å². The maximum atomic E-state index is 12.5. The van der Waals surface area contributed by atoms with Gasteiger partial charge in [0.15, 0.2) is 6.10 Å². The number of nitro benzene ring substituents is 1. The molecule has 0 aliphatic rings. The van der Waals surface area contributed by atoms with Gasteiger partial charge < -0.3 is 20.5 Å². The molecule has 9 nitrogen and oxygen atoms in total. The Morgan fingerprint density at radius 2 is 1.86 bits per heavy atom. The van der Waals surface area contributed by atoms with Crippen molar-refractivity contribution in [1.29, 1.82) is 0 Å². The minimum absolute atomic E-state index is 0.0941. The zero-order valence-corrected chi connectivity index (χ0v) is 16.1. The summed E-state index contributed by atoms with van der Waals surface area (Å²) in [4.78, 5) is 35.3. The standard InChI is InChI=1S/C20H23N3O6/c1-13(15-6-4-3-5-7-15)22-19(25)14(2)29-20(26)17-12-16(23(27)28)8-9-18(17)21-10-11-24/h3-9,12-14,21,24H,10-11H2,1-2H3,(H,22,25)/t13-,14+/m1/s1. The third-order valence-corrected chi connectivity index (χ3v) is 4.17. The van der Waals surface area contributed by atoms with E-state index in [4.69, 9.17) is 9.84 Å². The fourth-order valence-corrected chi connectivity index (χ4v) is 2.59. The highest BCUT2D eigenvalue weighted by Crippen LogP contribution is 2.23. The maximum Gasteiger partial charge on any atom is 0.341 e. The van der Waals surface area contributed by atoms with Crippen molar-refractivity contribution in [3.05, 3.63) is 69.8 Å². The van der Waals surface area contributed by atoms with Crippen molar-refractivity contribution in [3.8, 4) is 0 Å². The molecule has 9 heteroatoms. The largest absolute Gasteiger partial charge is 0.449 e. The Hall–Kier alpha value is -3.46. The van der Waals surface area contributed by atoms with E-state index in [9.17, 15) is 19.7 Å². The molecular formula is C20H23N3O6. The summed E-state index contributed by atoms with van der Waals surface area (Å²) in [5, 5.41) is 25.5. The zero-order valence-electron chi connectivity index (χ0n) is 16.1. The van der Waals surface area contributed by atoms with E-state index in [1.54, 1.807) is 6.92 Å². The number of rotatable bonds is 9. The predicted octanol–water partition coefficient (Wildman–Crippen LogP) is 2.42. The Morgan fingerprint density at radius 1 is 1.17 bits per heavy atom. The van der Waals surface area contributed by atoms with Crippen molar-refractivity contribution in [1.82, 2.24) is 5.32 Å². The number of aliphatic hydroxyl groups excluding tert-OH is 1. The highest BCUT2D eigenvalue weighted by Gasteiger charge is 2.24. The van der Waals surface area contributed by atoms with E-state index < -0.39 is 22.9 Å². The monoisotopic (exact) mass is 401 g/mol. The quantitative estimate of drug-likeness (QED) is 0.334. The van der Waals surface area contributed by atoms with Crippen LogP contribution in [0.2, 0.25) is 0 Å². The van der Waals surface area contributed by atoms with E-state index in [1.165, 1.54) is 19.1 Å². The van der Waals surface area contributed by atoms with Crippen LogP contribution >= 0.6 is 0 Å². The van der Waals surface area contributed by atoms with E-state index in [-0.39, 0.29) is 36.1 Å². The molecule has 0 radical (unpaired) electrons. The number of nitrogens with zero attached hydrogens (tertiary/aromatic N) is 1. The highest BCUT2D eigenvalue weighted by atomic mass is 16.6. The smallest absolute Gasteiger partial charge is 0.341 e. The van der Waals surface area contributed by atoms with Crippen LogP contribution in [0.15, 0.2) is 48.5 Å². The molecule has 2 atom stereocenters. The number of nitrogens with one attached hydrogen (secondary N) is 2. The van der Waals surface area contributed by atoms with Crippen molar-refractivity contribution in [2.24, 2.45) is 0 Å². The van der Waals surface area contributed by atoms with Gasteiger partial charge in [-0.15, -0.1) is 0 Å². The number of esters is 1. The van der Waals surface area contributed by atoms with Gasteiger partial charge in [-0.2, -0.15) is 0 Å². The molecule has 2 rings (SSSR count). The number of ether oxygens (including phenoxy) is 1. The Balaban J connectivity index is 2.10. The summed E-state index contributed by atoms with van der Waals surface area (Å²) in [5.41, 5.74) is 0.776. The van der Waals surface area contributed by atoms with Gasteiger partial charge in [-0.05, 0) is 25.5 Å². The third kappa shape index (κ3) is 6.01. The predicted molar refractivity (Wildman–Crippen MR) is 107 cm³/mol. The normalized spacial score (nSPS) is 12.5. The summed E-state index contributed by atoms with van der Waals surface area (Å²) in [6.45, 7) is 3.17. The number of carbonyl (C=O) groups excluding carboxylic acids is 2. The molecule has 2 aromatic rings. The van der Waals surface area contributed by atoms with Crippen LogP contribution in [0.25, 0.3) is 0 Å². The lowest BCUT2D eigenvalue weighted by Crippen LogP contribution is -2.37. The molecule has 0 spiro atoms. The number of carbonyl (C=O) groups is 2. The molecule has 0 aliphatic heterocycles. The van der Waals surface area contributed by atoms with E-state index >= 15 is 0 Å². The maximum absolute atomic E-state index is 12.5. The van der Waals surface area contributed by atoms with Gasteiger partial charge in [0.1, 0.15) is 0 Å². The van der Waals surface area contributed by atoms with Gasteiger partial charge in [-0.25, -0.2) is 4.79 Å². The minimum atomic E-state index is -1.11. The van der Waals surface area contributed by atoms with Gasteiger partial charge >= 0.3 is 5.97 Å². The summed E-state index contributed by atoms with van der Waals surface area (Å²) < 4.78 is 5.21. The molecule has 1 amide bonds. The van der Waals surface area contributed by atoms with Gasteiger partial charge in [0.2, 0.25) is 0 Å². The lowest BCUT2D eigenvalue weighted by Gasteiger charge is -2.19. The van der Waals surface area contributed by atoms with Crippen molar-refractivity contribution >= 4 is 23.3 Å². The Morgan fingerprint density at radius 3 is 2.48 bits per heavy atom. The molecule has 3 N–H and O–H groups in total. The van der Waals surface area contributed by atoms with Crippen LogP contribution in [-0.2, 0) is 9.53 Å². The fraction of sp³-hybridized carbons (Fsp3) is 0.300. The van der Waals surface area contributed by atoms with Gasteiger partial charge in [-0.3, -0.25) is 14.9 Å². The van der Waals surface area contributed by atoms with Crippen molar-refractivity contribution in [3.63, 3.8) is 0 Å². The fourth-order valence-electron chi connectivity index (χ4n) is 2.59. The number of benzene rings is 2. The van der Waals surface area contributed by atoms with Gasteiger partial charge in [0.05, 0.1) is 23.1 Å². The van der Waals surface area contributed by atoms with E-state index in [0.717, 1.165) is 11.6 Å². The SMILES string of the molecule is C[C@H](OC(=O)c1cc([N+](=O)[O-])ccc1NCCO)C(=O)N[C@H](C)c1ccccc1. The first kappa shape index (κ1) is 21.8. The molecule has 29 heavy (non-hydrogen) atoms. The highest BCUT2D eigenvalue weighted by molar-refractivity contribution is 5.98. The van der Waals surface area contributed by atoms with Crippen LogP contribution in [0.1, 0.15) is 35.8 Å². The summed E-state index contributed by atoms with van der Waals surface area (Å²) >= 11 is 0. The molecule has 0 unspecified atom stereocenters. The van der Waals surface area contributed by atoms with E-state index in [1.807, 2.05) is 30.3 Å². The summed E-state index contributed by atoms with van der Waals surface area (Å²) in [5.74, 6) is -1.38. The first-order valence-electron chi connectivity index (χ1n) is 9.03. The van der Waals surface area contributed by atoms with Gasteiger partial charge in [-0.1, -0.05) is 30.3 Å². The molecule has 0 aliphatic carbocycles. The van der Waals surface area contributed by atoms with Crippen molar-refractivity contribution in [2.45, 2.75) is 26.0 Å². The second-order valence-corrected chi connectivity index (χ2v) is 6.33. The lowest BCUT2D eigenvalue weighted by molar-refractivity contribution is -0.384. The number of nitro groups is 1. The van der Waals surface area contributed by atoms with E-state index in [2.05, 4.69) is 10.6 Å². The summed E-state index contributed by atoms with van der Waals surface area (Å²) in [6, 6.07) is 12.7. The van der Waals surface area contributed by atoms with Gasteiger partial charge in [0.25, 0.3) is 11.6 Å². The van der Waals surface area contributed by atoms with Crippen LogP contribution in [0.3, 0.4) is 0 Å². The zero-order chi connectivity index (χ0) is 21.4. The van der Waals surface area contributed by atoms with Crippen LogP contribution in [0.4, 0.5) is 11.4 Å². The average molecular weight is 401 g/mol.